The molecule has 0 aliphatic rings. The number of nitrogens with zero attached hydrogens (tertiary/aromatic N) is 3. The van der Waals surface area contributed by atoms with Crippen LogP contribution in [0.2, 0.25) is 0 Å². The maximum atomic E-state index is 11.8. The monoisotopic (exact) mass is 341 g/mol. The molecule has 0 fully saturated rings. The number of carbonyl (C=O) groups is 1. The van der Waals surface area contributed by atoms with Gasteiger partial charge in [-0.3, -0.25) is 9.20 Å². The molecule has 120 valence electrons. The van der Waals surface area contributed by atoms with Gasteiger partial charge in [-0.15, -0.1) is 11.3 Å². The summed E-state index contributed by atoms with van der Waals surface area (Å²) in [5.74, 6) is -0.116. The number of ether oxygens (including phenoxy) is 2. The smallest absolute Gasteiger partial charge is 0.344 e. The highest BCUT2D eigenvalue weighted by Gasteiger charge is 2.08. The molecule has 24 heavy (non-hydrogen) atoms. The van der Waals surface area contributed by atoms with Crippen LogP contribution >= 0.6 is 11.3 Å². The van der Waals surface area contributed by atoms with Gasteiger partial charge in [0.2, 0.25) is 0 Å². The molecule has 0 N–H and O–H groups in total. The van der Waals surface area contributed by atoms with Crippen LogP contribution in [0.15, 0.2) is 46.7 Å². The van der Waals surface area contributed by atoms with E-state index in [-0.39, 0.29) is 18.8 Å². The Morgan fingerprint density at radius 2 is 2.12 bits per heavy atom. The Bertz CT molecular complexity index is 969. The first-order valence-corrected chi connectivity index (χ1v) is 7.78. The van der Waals surface area contributed by atoms with Crippen molar-refractivity contribution in [2.45, 2.75) is 6.61 Å². The van der Waals surface area contributed by atoms with Crippen LogP contribution < -0.4 is 10.3 Å². The van der Waals surface area contributed by atoms with E-state index >= 15 is 0 Å². The Labute approximate surface area is 140 Å². The highest BCUT2D eigenvalue weighted by molar-refractivity contribution is 7.15. The quantitative estimate of drug-likeness (QED) is 0.656. The molecule has 3 rings (SSSR count). The molecule has 0 atom stereocenters. The van der Waals surface area contributed by atoms with E-state index in [1.807, 2.05) is 6.07 Å². The number of nitriles is 1. The van der Waals surface area contributed by atoms with Gasteiger partial charge in [0.1, 0.15) is 12.4 Å². The summed E-state index contributed by atoms with van der Waals surface area (Å²) < 4.78 is 11.7. The number of benzene rings is 1. The number of thiazole rings is 1. The molecule has 1 aromatic carbocycles. The van der Waals surface area contributed by atoms with Gasteiger partial charge in [-0.2, -0.15) is 5.26 Å². The Morgan fingerprint density at radius 1 is 1.33 bits per heavy atom. The number of hydrogen-bond acceptors (Lipinski definition) is 7. The fourth-order valence-corrected chi connectivity index (χ4v) is 2.66. The molecule has 0 bridgehead atoms. The van der Waals surface area contributed by atoms with Crippen LogP contribution in [-0.2, 0) is 16.1 Å². The molecule has 8 heteroatoms. The van der Waals surface area contributed by atoms with Crippen molar-refractivity contribution in [1.29, 1.82) is 5.26 Å². The van der Waals surface area contributed by atoms with Crippen LogP contribution in [0.4, 0.5) is 0 Å². The average molecular weight is 341 g/mol. The molecular formula is C16H11N3O4S. The van der Waals surface area contributed by atoms with Crippen molar-refractivity contribution in [2.75, 3.05) is 6.61 Å². The maximum absolute atomic E-state index is 11.8. The lowest BCUT2D eigenvalue weighted by atomic mass is 10.2. The zero-order valence-corrected chi connectivity index (χ0v) is 13.2. The van der Waals surface area contributed by atoms with E-state index in [4.69, 9.17) is 14.7 Å². The molecule has 0 unspecified atom stereocenters. The number of esters is 1. The minimum absolute atomic E-state index is 0.0980. The van der Waals surface area contributed by atoms with Crippen molar-refractivity contribution in [3.8, 4) is 11.8 Å². The standard InChI is InChI=1S/C16H11N3O4S/c17-8-11-1-3-13(4-2-11)22-10-15(21)23-9-12-7-14(20)19-5-6-24-16(19)18-12/h1-7H,9-10H2. The van der Waals surface area contributed by atoms with E-state index in [9.17, 15) is 9.59 Å². The Balaban J connectivity index is 1.54. The number of rotatable bonds is 5. The minimum atomic E-state index is -0.576. The second-order valence-corrected chi connectivity index (χ2v) is 5.60. The molecule has 0 aliphatic heterocycles. The summed E-state index contributed by atoms with van der Waals surface area (Å²) in [6.07, 6.45) is 1.64. The summed E-state index contributed by atoms with van der Waals surface area (Å²) in [7, 11) is 0. The summed E-state index contributed by atoms with van der Waals surface area (Å²) >= 11 is 1.32. The lowest BCUT2D eigenvalue weighted by Crippen LogP contribution is -2.17. The van der Waals surface area contributed by atoms with Crippen LogP contribution in [0.25, 0.3) is 4.96 Å². The topological polar surface area (TPSA) is 93.7 Å². The molecule has 0 saturated carbocycles. The van der Waals surface area contributed by atoms with Gasteiger partial charge >= 0.3 is 5.97 Å². The lowest BCUT2D eigenvalue weighted by molar-refractivity contribution is -0.147. The highest BCUT2D eigenvalue weighted by atomic mass is 32.1. The van der Waals surface area contributed by atoms with Gasteiger partial charge in [0.15, 0.2) is 11.6 Å². The van der Waals surface area contributed by atoms with E-state index < -0.39 is 5.97 Å². The van der Waals surface area contributed by atoms with Crippen molar-refractivity contribution in [3.63, 3.8) is 0 Å². The van der Waals surface area contributed by atoms with Crippen LogP contribution in [0.5, 0.6) is 5.75 Å². The summed E-state index contributed by atoms with van der Waals surface area (Å²) in [4.78, 5) is 28.3. The normalized spacial score (nSPS) is 10.3. The molecule has 2 heterocycles. The minimum Gasteiger partial charge on any atom is -0.482 e. The molecule has 2 aromatic heterocycles. The SMILES string of the molecule is N#Cc1ccc(OCC(=O)OCc2cc(=O)n3ccsc3n2)cc1. The Morgan fingerprint density at radius 3 is 2.88 bits per heavy atom. The molecule has 0 aliphatic carbocycles. The van der Waals surface area contributed by atoms with Crippen LogP contribution in [0, 0.1) is 11.3 Å². The van der Waals surface area contributed by atoms with Crippen LogP contribution in [0.1, 0.15) is 11.3 Å². The largest absolute Gasteiger partial charge is 0.482 e. The van der Waals surface area contributed by atoms with Crippen LogP contribution in [0.3, 0.4) is 0 Å². The molecule has 0 spiro atoms. The van der Waals surface area contributed by atoms with Gasteiger partial charge in [-0.1, -0.05) is 0 Å². The average Bonchev–Trinajstić information content (AvgIpc) is 3.08. The predicted molar refractivity (Wildman–Crippen MR) is 85.8 cm³/mol. The maximum Gasteiger partial charge on any atom is 0.344 e. The number of carbonyl (C=O) groups excluding carboxylic acids is 1. The third-order valence-electron chi connectivity index (χ3n) is 3.08. The first-order chi connectivity index (χ1) is 11.7. The van der Waals surface area contributed by atoms with E-state index in [0.717, 1.165) is 0 Å². The molecular weight excluding hydrogens is 330 g/mol. The highest BCUT2D eigenvalue weighted by Crippen LogP contribution is 2.11. The van der Waals surface area contributed by atoms with Gasteiger partial charge in [0.25, 0.3) is 5.56 Å². The molecule has 0 radical (unpaired) electrons. The fraction of sp³-hybridized carbons (Fsp3) is 0.125. The lowest BCUT2D eigenvalue weighted by Gasteiger charge is -2.07. The van der Waals surface area contributed by atoms with Gasteiger partial charge in [0.05, 0.1) is 17.3 Å². The van der Waals surface area contributed by atoms with E-state index in [0.29, 0.717) is 22.0 Å². The van der Waals surface area contributed by atoms with Crippen molar-refractivity contribution < 1.29 is 14.3 Å². The Hall–Kier alpha value is -3.18. The summed E-state index contributed by atoms with van der Waals surface area (Å²) in [6, 6.07) is 9.70. The zero-order valence-electron chi connectivity index (χ0n) is 12.3. The van der Waals surface area contributed by atoms with E-state index in [1.54, 1.807) is 35.8 Å². The van der Waals surface area contributed by atoms with Crippen molar-refractivity contribution >= 4 is 22.3 Å². The zero-order chi connectivity index (χ0) is 16.9. The first kappa shape index (κ1) is 15.7. The second-order valence-electron chi connectivity index (χ2n) is 4.73. The number of hydrogen-bond donors (Lipinski definition) is 0. The number of fused-ring (bicyclic) bond motifs is 1. The summed E-state index contributed by atoms with van der Waals surface area (Å²) in [6.45, 7) is -0.370. The summed E-state index contributed by atoms with van der Waals surface area (Å²) in [5, 5.41) is 10.5. The van der Waals surface area contributed by atoms with Crippen LogP contribution in [-0.4, -0.2) is 22.0 Å². The van der Waals surface area contributed by atoms with Crippen molar-refractivity contribution in [1.82, 2.24) is 9.38 Å². The van der Waals surface area contributed by atoms with E-state index in [2.05, 4.69) is 4.98 Å². The van der Waals surface area contributed by atoms with Gasteiger partial charge in [-0.25, -0.2) is 9.78 Å². The number of aromatic nitrogens is 2. The molecule has 0 amide bonds. The van der Waals surface area contributed by atoms with E-state index in [1.165, 1.54) is 21.8 Å². The van der Waals surface area contributed by atoms with Crippen molar-refractivity contribution in [2.24, 2.45) is 0 Å². The summed E-state index contributed by atoms with van der Waals surface area (Å²) in [5.41, 5.74) is 0.668. The first-order valence-electron chi connectivity index (χ1n) is 6.90. The molecule has 3 aromatic rings. The van der Waals surface area contributed by atoms with Crippen molar-refractivity contribution in [3.05, 3.63) is 63.5 Å². The molecule has 7 nitrogen and oxygen atoms in total. The Kier molecular flexibility index (Phi) is 4.54. The second kappa shape index (κ2) is 6.93. The third kappa shape index (κ3) is 3.59. The van der Waals surface area contributed by atoms with Gasteiger partial charge in [0, 0.05) is 17.6 Å². The third-order valence-corrected chi connectivity index (χ3v) is 3.83. The predicted octanol–water partition coefficient (Wildman–Crippen LogP) is 1.75. The van der Waals surface area contributed by atoms with Gasteiger partial charge < -0.3 is 9.47 Å². The molecule has 0 saturated heterocycles. The fourth-order valence-electron chi connectivity index (χ4n) is 1.93. The van der Waals surface area contributed by atoms with Gasteiger partial charge in [-0.05, 0) is 24.3 Å².